The van der Waals surface area contributed by atoms with Crippen LogP contribution < -0.4 is 0 Å². The summed E-state index contributed by atoms with van der Waals surface area (Å²) in [6, 6.07) is 0. The highest BCUT2D eigenvalue weighted by Gasteiger charge is 2.16. The fraction of sp³-hybridized carbons (Fsp3) is 0.903. The van der Waals surface area contributed by atoms with Gasteiger partial charge in [0.2, 0.25) is 0 Å². The van der Waals surface area contributed by atoms with E-state index in [2.05, 4.69) is 38.2 Å². The molecule has 5 nitrogen and oxygen atoms in total. The van der Waals surface area contributed by atoms with Crippen LogP contribution in [0.5, 0.6) is 0 Å². The van der Waals surface area contributed by atoms with E-state index < -0.39 is 6.10 Å². The van der Waals surface area contributed by atoms with E-state index in [0.717, 1.165) is 38.5 Å². The van der Waals surface area contributed by atoms with Gasteiger partial charge in [0, 0.05) is 12.8 Å². The molecule has 0 spiro atoms. The van der Waals surface area contributed by atoms with Crippen molar-refractivity contribution in [3.8, 4) is 0 Å². The van der Waals surface area contributed by atoms with Gasteiger partial charge in [0.15, 0.2) is 6.10 Å². The van der Waals surface area contributed by atoms with E-state index >= 15 is 0 Å². The molecule has 67 heavy (non-hydrogen) atoms. The minimum Gasteiger partial charge on any atom is -0.462 e. The maximum absolute atomic E-state index is 12.3. The Hall–Kier alpha value is -1.62. The van der Waals surface area contributed by atoms with Crippen LogP contribution in [0.15, 0.2) is 24.3 Å². The molecular weight excluding hydrogens is 825 g/mol. The molecule has 0 aromatic heterocycles. The summed E-state index contributed by atoms with van der Waals surface area (Å²) in [4.78, 5) is 24.4. The Bertz CT molecular complexity index is 1020. The van der Waals surface area contributed by atoms with Crippen molar-refractivity contribution in [2.24, 2.45) is 0 Å². The van der Waals surface area contributed by atoms with Gasteiger partial charge in [-0.3, -0.25) is 9.59 Å². The molecule has 0 rings (SSSR count). The van der Waals surface area contributed by atoms with E-state index in [1.54, 1.807) is 0 Å². The summed E-state index contributed by atoms with van der Waals surface area (Å²) in [7, 11) is 0. The number of aliphatic hydroxyl groups excluding tert-OH is 1. The minimum absolute atomic E-state index is 0.0578. The first-order chi connectivity index (χ1) is 33.1. The first kappa shape index (κ1) is 65.4. The Morgan fingerprint density at radius 1 is 0.343 bits per heavy atom. The summed E-state index contributed by atoms with van der Waals surface area (Å²) in [5.41, 5.74) is 0. The maximum Gasteiger partial charge on any atom is 0.306 e. The van der Waals surface area contributed by atoms with Gasteiger partial charge in [-0.05, 0) is 44.9 Å². The molecule has 1 unspecified atom stereocenters. The van der Waals surface area contributed by atoms with Crippen molar-refractivity contribution < 1.29 is 24.2 Å². The molecule has 0 bridgehead atoms. The lowest BCUT2D eigenvalue weighted by Gasteiger charge is -2.15. The van der Waals surface area contributed by atoms with E-state index in [0.29, 0.717) is 12.8 Å². The minimum atomic E-state index is -0.764. The maximum atomic E-state index is 12.3. The smallest absolute Gasteiger partial charge is 0.306 e. The molecule has 0 saturated heterocycles. The van der Waals surface area contributed by atoms with Gasteiger partial charge in [0.1, 0.15) is 6.61 Å². The second-order valence-electron chi connectivity index (χ2n) is 20.8. The molecule has 0 aromatic rings. The fourth-order valence-electron chi connectivity index (χ4n) is 9.41. The molecular formula is C62H118O5. The third kappa shape index (κ3) is 56.9. The fourth-order valence-corrected chi connectivity index (χ4v) is 9.41. The highest BCUT2D eigenvalue weighted by atomic mass is 16.6. The normalized spacial score (nSPS) is 12.2. The molecule has 0 aliphatic heterocycles. The van der Waals surface area contributed by atoms with Crippen LogP contribution in [-0.4, -0.2) is 36.4 Å². The molecule has 0 saturated carbocycles. The van der Waals surface area contributed by atoms with Gasteiger partial charge in [0.25, 0.3) is 0 Å². The van der Waals surface area contributed by atoms with Crippen LogP contribution in [-0.2, 0) is 19.1 Å². The number of esters is 2. The molecule has 0 aliphatic carbocycles. The number of aliphatic hydroxyl groups is 1. The molecule has 396 valence electrons. The molecule has 0 radical (unpaired) electrons. The van der Waals surface area contributed by atoms with Crippen LogP contribution >= 0.6 is 0 Å². The van der Waals surface area contributed by atoms with E-state index in [1.165, 1.54) is 276 Å². The zero-order chi connectivity index (χ0) is 48.5. The number of carbonyl (C=O) groups is 2. The van der Waals surface area contributed by atoms with Crippen molar-refractivity contribution in [2.45, 2.75) is 347 Å². The summed E-state index contributed by atoms with van der Waals surface area (Å²) < 4.78 is 10.7. The predicted molar refractivity (Wildman–Crippen MR) is 293 cm³/mol. The Morgan fingerprint density at radius 2 is 0.597 bits per heavy atom. The van der Waals surface area contributed by atoms with Crippen molar-refractivity contribution in [1.29, 1.82) is 0 Å². The number of rotatable bonds is 57. The van der Waals surface area contributed by atoms with Crippen LogP contribution in [0.3, 0.4) is 0 Å². The van der Waals surface area contributed by atoms with Gasteiger partial charge in [-0.15, -0.1) is 0 Å². The van der Waals surface area contributed by atoms with E-state index in [1.807, 2.05) is 0 Å². The molecule has 0 aromatic carbocycles. The first-order valence-electron chi connectivity index (χ1n) is 30.4. The summed E-state index contributed by atoms with van der Waals surface area (Å²) in [5.74, 6) is -0.571. The summed E-state index contributed by atoms with van der Waals surface area (Å²) in [6.07, 6.45) is 74.9. The van der Waals surface area contributed by atoms with E-state index in [-0.39, 0.29) is 25.2 Å². The van der Waals surface area contributed by atoms with Crippen molar-refractivity contribution in [2.75, 3.05) is 13.2 Å². The Kier molecular flexibility index (Phi) is 57.3. The van der Waals surface area contributed by atoms with Crippen LogP contribution in [0.1, 0.15) is 341 Å². The largest absolute Gasteiger partial charge is 0.462 e. The quantitative estimate of drug-likeness (QED) is 0.0374. The molecule has 0 heterocycles. The van der Waals surface area contributed by atoms with E-state index in [4.69, 9.17) is 9.47 Å². The van der Waals surface area contributed by atoms with Gasteiger partial charge < -0.3 is 14.6 Å². The average Bonchev–Trinajstić information content (AvgIpc) is 3.33. The number of ether oxygens (including phenoxy) is 2. The molecule has 1 N–H and O–H groups in total. The first-order valence-corrected chi connectivity index (χ1v) is 30.4. The third-order valence-electron chi connectivity index (χ3n) is 14.0. The van der Waals surface area contributed by atoms with Crippen LogP contribution in [0, 0.1) is 0 Å². The van der Waals surface area contributed by atoms with Gasteiger partial charge in [0.05, 0.1) is 6.61 Å². The second kappa shape index (κ2) is 58.7. The van der Waals surface area contributed by atoms with Crippen molar-refractivity contribution in [1.82, 2.24) is 0 Å². The molecule has 0 fully saturated rings. The number of unbranched alkanes of at least 4 members (excludes halogenated alkanes) is 45. The Labute approximate surface area is 419 Å². The summed E-state index contributed by atoms with van der Waals surface area (Å²) in [6.45, 7) is 4.16. The zero-order valence-electron chi connectivity index (χ0n) is 45.4. The monoisotopic (exact) mass is 943 g/mol. The lowest BCUT2D eigenvalue weighted by molar-refractivity contribution is -0.161. The van der Waals surface area contributed by atoms with Crippen molar-refractivity contribution >= 4 is 11.9 Å². The van der Waals surface area contributed by atoms with Gasteiger partial charge in [-0.2, -0.15) is 0 Å². The zero-order valence-corrected chi connectivity index (χ0v) is 45.4. The molecule has 0 amide bonds. The van der Waals surface area contributed by atoms with Crippen LogP contribution in [0.4, 0.5) is 0 Å². The standard InChI is InChI=1S/C62H118O5/c1-3-5-7-9-11-13-15-17-18-19-20-21-22-23-24-25-26-27-28-29-30-31-32-33-34-35-36-37-38-39-40-41-42-43-44-45-47-49-51-53-55-57-62(65)67-60(58-63)59-66-61(64)56-54-52-50-48-46-16-14-12-10-8-6-4-2/h15,17,19-20,60,63H,3-14,16,18,21-59H2,1-2H3/b17-15-,20-19-. The predicted octanol–water partition coefficient (Wildman–Crippen LogP) is 20.5. The highest BCUT2D eigenvalue weighted by Crippen LogP contribution is 2.18. The van der Waals surface area contributed by atoms with E-state index in [9.17, 15) is 14.7 Å². The molecule has 0 aliphatic rings. The van der Waals surface area contributed by atoms with Gasteiger partial charge >= 0.3 is 11.9 Å². The van der Waals surface area contributed by atoms with Crippen molar-refractivity contribution in [3.05, 3.63) is 24.3 Å². The van der Waals surface area contributed by atoms with Crippen LogP contribution in [0.25, 0.3) is 0 Å². The van der Waals surface area contributed by atoms with Gasteiger partial charge in [-0.1, -0.05) is 308 Å². The number of hydrogen-bond acceptors (Lipinski definition) is 5. The average molecular weight is 944 g/mol. The van der Waals surface area contributed by atoms with Gasteiger partial charge in [-0.25, -0.2) is 0 Å². The lowest BCUT2D eigenvalue weighted by atomic mass is 10.0. The molecule has 5 heteroatoms. The topological polar surface area (TPSA) is 72.8 Å². The van der Waals surface area contributed by atoms with Crippen LogP contribution in [0.2, 0.25) is 0 Å². The number of carbonyl (C=O) groups excluding carboxylic acids is 2. The Morgan fingerprint density at radius 3 is 0.881 bits per heavy atom. The molecule has 1 atom stereocenters. The second-order valence-corrected chi connectivity index (χ2v) is 20.8. The number of hydrogen-bond donors (Lipinski definition) is 1. The van der Waals surface area contributed by atoms with Crippen molar-refractivity contribution in [3.63, 3.8) is 0 Å². The summed E-state index contributed by atoms with van der Waals surface area (Å²) >= 11 is 0. The lowest BCUT2D eigenvalue weighted by Crippen LogP contribution is -2.28. The SMILES string of the molecule is CCCCCCC/C=C\C/C=C\CCCCCCCCCCCCCCCCCCCCCCCCCCCCCCCC(=O)OC(CO)COC(=O)CCCCCCCCCCCCCC. The summed E-state index contributed by atoms with van der Waals surface area (Å²) in [5, 5.41) is 9.62. The Balaban J connectivity index is 3.32. The number of allylic oxidation sites excluding steroid dienone is 4. The highest BCUT2D eigenvalue weighted by molar-refractivity contribution is 5.70. The third-order valence-corrected chi connectivity index (χ3v) is 14.0.